The maximum absolute atomic E-state index is 12.1. The van der Waals surface area contributed by atoms with Crippen LogP contribution in [-0.4, -0.2) is 12.2 Å². The number of allylic oxidation sites excluding steroid dienone is 2. The van der Waals surface area contributed by atoms with Crippen LogP contribution in [0.4, 0.5) is 4.79 Å². The van der Waals surface area contributed by atoms with Crippen molar-refractivity contribution < 1.29 is 9.53 Å². The highest BCUT2D eigenvalue weighted by atomic mass is 16.6. The van der Waals surface area contributed by atoms with Gasteiger partial charge in [-0.15, -0.1) is 0 Å². The summed E-state index contributed by atoms with van der Waals surface area (Å²) in [6, 6.07) is 6.31. The minimum absolute atomic E-state index is 0.0834. The van der Waals surface area contributed by atoms with Crippen molar-refractivity contribution in [2.75, 3.05) is 0 Å². The van der Waals surface area contributed by atoms with Gasteiger partial charge in [-0.2, -0.15) is 0 Å². The normalized spacial score (nSPS) is 21.7. The van der Waals surface area contributed by atoms with Crippen LogP contribution in [0.25, 0.3) is 6.08 Å². The summed E-state index contributed by atoms with van der Waals surface area (Å²) in [6.07, 6.45) is 15.9. The SMILES string of the molecule is O=C(NCc1cccc2c1C=CCC2)OC1/C=C/CCCCC1. The van der Waals surface area contributed by atoms with Crippen LogP contribution in [0.15, 0.2) is 36.4 Å². The second kappa shape index (κ2) is 8.00. The minimum atomic E-state index is -0.322. The quantitative estimate of drug-likeness (QED) is 0.817. The van der Waals surface area contributed by atoms with E-state index in [1.807, 2.05) is 6.08 Å². The Morgan fingerprint density at radius 1 is 1.17 bits per heavy atom. The number of aryl methyl sites for hydroxylation is 1. The van der Waals surface area contributed by atoms with Gasteiger partial charge in [0.1, 0.15) is 6.10 Å². The smallest absolute Gasteiger partial charge is 0.407 e. The summed E-state index contributed by atoms with van der Waals surface area (Å²) < 4.78 is 5.54. The monoisotopic (exact) mass is 311 g/mol. The van der Waals surface area contributed by atoms with Gasteiger partial charge in [-0.05, 0) is 61.3 Å². The van der Waals surface area contributed by atoms with Crippen molar-refractivity contribution in [3.63, 3.8) is 0 Å². The summed E-state index contributed by atoms with van der Waals surface area (Å²) in [5, 5.41) is 2.90. The number of hydrogen-bond acceptors (Lipinski definition) is 2. The summed E-state index contributed by atoms with van der Waals surface area (Å²) in [6.45, 7) is 0.517. The number of nitrogens with one attached hydrogen (secondary N) is 1. The molecule has 2 aliphatic rings. The summed E-state index contributed by atoms with van der Waals surface area (Å²) in [5.41, 5.74) is 3.77. The van der Waals surface area contributed by atoms with Crippen molar-refractivity contribution in [3.8, 4) is 0 Å². The van der Waals surface area contributed by atoms with Crippen LogP contribution in [0.3, 0.4) is 0 Å². The Balaban J connectivity index is 1.55. The van der Waals surface area contributed by atoms with Gasteiger partial charge in [-0.25, -0.2) is 4.79 Å². The first-order valence-corrected chi connectivity index (χ1v) is 8.71. The van der Waals surface area contributed by atoms with Gasteiger partial charge in [-0.3, -0.25) is 0 Å². The molecule has 1 aromatic rings. The van der Waals surface area contributed by atoms with Gasteiger partial charge in [0.25, 0.3) is 0 Å². The molecule has 3 rings (SSSR count). The third kappa shape index (κ3) is 4.47. The van der Waals surface area contributed by atoms with Gasteiger partial charge in [0, 0.05) is 6.54 Å². The van der Waals surface area contributed by atoms with E-state index in [-0.39, 0.29) is 12.2 Å². The molecule has 0 aromatic heterocycles. The summed E-state index contributed by atoms with van der Waals surface area (Å²) in [4.78, 5) is 12.1. The predicted octanol–water partition coefficient (Wildman–Crippen LogP) is 4.76. The third-order valence-corrected chi connectivity index (χ3v) is 4.54. The zero-order valence-electron chi connectivity index (χ0n) is 13.6. The maximum Gasteiger partial charge on any atom is 0.407 e. The number of benzene rings is 1. The second-order valence-electron chi connectivity index (χ2n) is 6.29. The van der Waals surface area contributed by atoms with Crippen LogP contribution in [0, 0.1) is 0 Å². The number of amides is 1. The van der Waals surface area contributed by atoms with Crippen molar-refractivity contribution in [1.82, 2.24) is 5.32 Å². The van der Waals surface area contributed by atoms with Gasteiger partial charge in [0.05, 0.1) is 0 Å². The van der Waals surface area contributed by atoms with E-state index in [0.717, 1.165) is 37.7 Å². The van der Waals surface area contributed by atoms with Crippen molar-refractivity contribution in [2.24, 2.45) is 0 Å². The molecule has 0 spiro atoms. The predicted molar refractivity (Wildman–Crippen MR) is 93.1 cm³/mol. The zero-order valence-corrected chi connectivity index (χ0v) is 13.6. The summed E-state index contributed by atoms with van der Waals surface area (Å²) in [5.74, 6) is 0. The van der Waals surface area contributed by atoms with Crippen molar-refractivity contribution in [3.05, 3.63) is 53.1 Å². The fraction of sp³-hybridized carbons (Fsp3) is 0.450. The van der Waals surface area contributed by atoms with Gasteiger partial charge in [-0.1, -0.05) is 42.8 Å². The molecular formula is C20H25NO2. The van der Waals surface area contributed by atoms with Crippen LogP contribution < -0.4 is 5.32 Å². The molecular weight excluding hydrogens is 286 g/mol. The average molecular weight is 311 g/mol. The number of ether oxygens (including phenoxy) is 1. The first-order valence-electron chi connectivity index (χ1n) is 8.71. The largest absolute Gasteiger partial charge is 0.442 e. The van der Waals surface area contributed by atoms with Crippen molar-refractivity contribution in [2.45, 2.75) is 57.6 Å². The van der Waals surface area contributed by atoms with E-state index in [9.17, 15) is 4.79 Å². The summed E-state index contributed by atoms with van der Waals surface area (Å²) >= 11 is 0. The molecule has 1 atom stereocenters. The Hall–Kier alpha value is -2.03. The first-order chi connectivity index (χ1) is 11.3. The topological polar surface area (TPSA) is 38.3 Å². The lowest BCUT2D eigenvalue weighted by molar-refractivity contribution is 0.113. The Morgan fingerprint density at radius 2 is 2.13 bits per heavy atom. The molecule has 1 unspecified atom stereocenters. The van der Waals surface area contributed by atoms with Gasteiger partial charge in [0.2, 0.25) is 0 Å². The molecule has 23 heavy (non-hydrogen) atoms. The molecule has 0 saturated heterocycles. The Kier molecular flexibility index (Phi) is 5.51. The average Bonchev–Trinajstić information content (AvgIpc) is 2.55. The highest BCUT2D eigenvalue weighted by molar-refractivity contribution is 5.68. The highest BCUT2D eigenvalue weighted by Gasteiger charge is 2.14. The van der Waals surface area contributed by atoms with Gasteiger partial charge in [0.15, 0.2) is 0 Å². The van der Waals surface area contributed by atoms with E-state index >= 15 is 0 Å². The molecule has 1 aromatic carbocycles. The Labute approximate surface area is 138 Å². The number of alkyl carbamates (subject to hydrolysis) is 1. The van der Waals surface area contributed by atoms with Crippen LogP contribution >= 0.6 is 0 Å². The molecule has 0 saturated carbocycles. The Bertz CT molecular complexity index is 604. The van der Waals surface area contributed by atoms with E-state index in [1.165, 1.54) is 24.0 Å². The van der Waals surface area contributed by atoms with Crippen LogP contribution in [0.5, 0.6) is 0 Å². The molecule has 0 bridgehead atoms. The maximum atomic E-state index is 12.1. The molecule has 0 aliphatic heterocycles. The number of rotatable bonds is 3. The van der Waals surface area contributed by atoms with Gasteiger partial charge < -0.3 is 10.1 Å². The molecule has 3 heteroatoms. The summed E-state index contributed by atoms with van der Waals surface area (Å²) in [7, 11) is 0. The van der Waals surface area contributed by atoms with Crippen molar-refractivity contribution >= 4 is 12.2 Å². The number of hydrogen-bond donors (Lipinski definition) is 1. The number of carbonyl (C=O) groups is 1. The second-order valence-corrected chi connectivity index (χ2v) is 6.29. The lowest BCUT2D eigenvalue weighted by Crippen LogP contribution is -2.28. The third-order valence-electron chi connectivity index (χ3n) is 4.54. The molecule has 3 nitrogen and oxygen atoms in total. The number of carbonyl (C=O) groups excluding carboxylic acids is 1. The van der Waals surface area contributed by atoms with Crippen molar-refractivity contribution in [1.29, 1.82) is 0 Å². The van der Waals surface area contributed by atoms with Crippen LogP contribution in [-0.2, 0) is 17.7 Å². The standard InChI is InChI=1S/C20H25NO2/c22-20(23-18-12-4-2-1-3-5-13-18)21-15-17-11-8-10-16-9-6-7-14-19(16)17/h4,7-8,10-12,14,18H,1-3,5-6,9,13,15H2,(H,21,22)/b12-4+. The molecule has 2 aliphatic carbocycles. The van der Waals surface area contributed by atoms with E-state index < -0.39 is 0 Å². The first kappa shape index (κ1) is 15.9. The number of fused-ring (bicyclic) bond motifs is 1. The molecule has 122 valence electrons. The fourth-order valence-electron chi connectivity index (χ4n) is 3.27. The molecule has 0 fully saturated rings. The van der Waals surface area contributed by atoms with E-state index in [4.69, 9.17) is 4.74 Å². The van der Waals surface area contributed by atoms with E-state index in [2.05, 4.69) is 41.7 Å². The Morgan fingerprint density at radius 3 is 3.09 bits per heavy atom. The molecule has 1 N–H and O–H groups in total. The molecule has 1 amide bonds. The molecule has 0 heterocycles. The van der Waals surface area contributed by atoms with E-state index in [0.29, 0.717) is 6.54 Å². The van der Waals surface area contributed by atoms with Crippen LogP contribution in [0.1, 0.15) is 55.2 Å². The van der Waals surface area contributed by atoms with Crippen LogP contribution in [0.2, 0.25) is 0 Å². The van der Waals surface area contributed by atoms with E-state index in [1.54, 1.807) is 0 Å². The highest BCUT2D eigenvalue weighted by Crippen LogP contribution is 2.22. The molecule has 0 radical (unpaired) electrons. The lowest BCUT2D eigenvalue weighted by Gasteiger charge is -2.18. The fourth-order valence-corrected chi connectivity index (χ4v) is 3.27. The zero-order chi connectivity index (χ0) is 15.9. The van der Waals surface area contributed by atoms with Gasteiger partial charge >= 0.3 is 6.09 Å². The minimum Gasteiger partial charge on any atom is -0.442 e. The lowest BCUT2D eigenvalue weighted by atomic mass is 9.93.